The SMILES string of the molecule is [2H]C([2H])([2H])C(c1cnn2c(-c3cccc(-c4c(F)cccc4C#N)c3)cnc2n1)(C([2H])([2H])[2H])C([2H])([2H])[2H]. The third-order valence-electron chi connectivity index (χ3n) is 4.20. The van der Waals surface area contributed by atoms with Crippen molar-refractivity contribution in [3.63, 3.8) is 0 Å². The number of nitrogens with zero attached hydrogens (tertiary/aromatic N) is 5. The molecule has 0 bridgehead atoms. The number of hydrogen-bond acceptors (Lipinski definition) is 4. The predicted molar refractivity (Wildman–Crippen MR) is 105 cm³/mol. The largest absolute Gasteiger partial charge is 0.251 e. The molecule has 0 spiro atoms. The van der Waals surface area contributed by atoms with Crippen molar-refractivity contribution in [1.82, 2.24) is 19.6 Å². The Morgan fingerprint density at radius 3 is 2.68 bits per heavy atom. The summed E-state index contributed by atoms with van der Waals surface area (Å²) >= 11 is 0. The summed E-state index contributed by atoms with van der Waals surface area (Å²) in [6.45, 7) is -10.5. The van der Waals surface area contributed by atoms with Gasteiger partial charge >= 0.3 is 0 Å². The van der Waals surface area contributed by atoms with E-state index in [-0.39, 0.29) is 16.9 Å². The van der Waals surface area contributed by atoms with Gasteiger partial charge in [-0.1, -0.05) is 44.8 Å². The third kappa shape index (κ3) is 3.01. The van der Waals surface area contributed by atoms with Gasteiger partial charge in [-0.25, -0.2) is 14.4 Å². The molecule has 0 amide bonds. The molecule has 28 heavy (non-hydrogen) atoms. The number of hydrogen-bond donors (Lipinski definition) is 0. The lowest BCUT2D eigenvalue weighted by atomic mass is 9.93. The maximum Gasteiger partial charge on any atom is 0.251 e. The van der Waals surface area contributed by atoms with Crippen molar-refractivity contribution in [3.05, 3.63) is 71.9 Å². The number of aromatic nitrogens is 4. The van der Waals surface area contributed by atoms with Gasteiger partial charge in [0.15, 0.2) is 0 Å². The van der Waals surface area contributed by atoms with Crippen LogP contribution in [0.5, 0.6) is 0 Å². The normalized spacial score (nSPS) is 17.6. The number of nitriles is 1. The molecule has 6 heteroatoms. The summed E-state index contributed by atoms with van der Waals surface area (Å²) in [6, 6.07) is 12.6. The van der Waals surface area contributed by atoms with Crippen LogP contribution in [0.4, 0.5) is 4.39 Å². The van der Waals surface area contributed by atoms with Gasteiger partial charge in [-0.3, -0.25) is 0 Å². The molecular formula is C22H18FN5. The highest BCUT2D eigenvalue weighted by atomic mass is 19.1. The van der Waals surface area contributed by atoms with Gasteiger partial charge in [0.2, 0.25) is 0 Å². The van der Waals surface area contributed by atoms with E-state index < -0.39 is 37.5 Å². The van der Waals surface area contributed by atoms with Gasteiger partial charge in [0.25, 0.3) is 5.78 Å². The molecule has 0 aliphatic rings. The lowest BCUT2D eigenvalue weighted by Crippen LogP contribution is -2.15. The summed E-state index contributed by atoms with van der Waals surface area (Å²) in [4.78, 5) is 8.10. The van der Waals surface area contributed by atoms with Crippen LogP contribution in [0.1, 0.15) is 44.1 Å². The second-order valence-electron chi connectivity index (χ2n) is 6.10. The summed E-state index contributed by atoms with van der Waals surface area (Å²) < 4.78 is 86.4. The van der Waals surface area contributed by atoms with Crippen LogP contribution >= 0.6 is 0 Å². The summed E-state index contributed by atoms with van der Waals surface area (Å²) in [5, 5.41) is 13.5. The highest BCUT2D eigenvalue weighted by molar-refractivity contribution is 5.76. The Kier molecular flexibility index (Phi) is 2.36. The fraction of sp³-hybridized carbons (Fsp3) is 0.182. The molecule has 0 atom stereocenters. The third-order valence-corrected chi connectivity index (χ3v) is 4.20. The Labute approximate surface area is 174 Å². The van der Waals surface area contributed by atoms with Crippen molar-refractivity contribution in [2.75, 3.05) is 0 Å². The molecule has 5 nitrogen and oxygen atoms in total. The van der Waals surface area contributed by atoms with E-state index in [0.29, 0.717) is 16.8 Å². The van der Waals surface area contributed by atoms with E-state index in [0.717, 1.165) is 6.20 Å². The summed E-state index contributed by atoms with van der Waals surface area (Å²) in [5.41, 5.74) is -2.64. The van der Waals surface area contributed by atoms with E-state index in [9.17, 15) is 9.65 Å². The lowest BCUT2D eigenvalue weighted by Gasteiger charge is -2.16. The topological polar surface area (TPSA) is 66.9 Å². The molecule has 0 aliphatic heterocycles. The number of fused-ring (bicyclic) bond motifs is 1. The fourth-order valence-electron chi connectivity index (χ4n) is 2.90. The summed E-state index contributed by atoms with van der Waals surface area (Å²) in [6.07, 6.45) is 2.13. The minimum atomic E-state index is -3.49. The Morgan fingerprint density at radius 1 is 1.11 bits per heavy atom. The van der Waals surface area contributed by atoms with Crippen LogP contribution in [-0.2, 0) is 5.41 Å². The van der Waals surface area contributed by atoms with Crippen molar-refractivity contribution in [2.45, 2.75) is 26.0 Å². The molecule has 0 fully saturated rings. The molecule has 4 aromatic rings. The van der Waals surface area contributed by atoms with Crippen LogP contribution in [-0.4, -0.2) is 19.6 Å². The standard InChI is InChI=1S/C22H18FN5/c1-22(2,3)19-13-26-28-18(12-25-21(28)27-19)14-6-4-7-15(10-14)20-16(11-24)8-5-9-17(20)23/h4-10,12-13H,1-3H3/i1D3,2D3,3D3. The van der Waals surface area contributed by atoms with Gasteiger partial charge in [-0.05, 0) is 23.8 Å². The molecular weight excluding hydrogens is 353 g/mol. The van der Waals surface area contributed by atoms with Crippen LogP contribution in [0.25, 0.3) is 28.2 Å². The van der Waals surface area contributed by atoms with Crippen LogP contribution in [0.15, 0.2) is 54.9 Å². The van der Waals surface area contributed by atoms with E-state index in [1.165, 1.54) is 28.9 Å². The first-order valence-electron chi connectivity index (χ1n) is 12.6. The van der Waals surface area contributed by atoms with E-state index >= 15 is 0 Å². The average Bonchev–Trinajstić information content (AvgIpc) is 3.19. The molecule has 138 valence electrons. The van der Waals surface area contributed by atoms with Crippen molar-refractivity contribution in [2.24, 2.45) is 0 Å². The van der Waals surface area contributed by atoms with Crippen LogP contribution in [0.3, 0.4) is 0 Å². The van der Waals surface area contributed by atoms with Crippen molar-refractivity contribution >= 4 is 5.78 Å². The van der Waals surface area contributed by atoms with Crippen molar-refractivity contribution < 1.29 is 16.7 Å². The molecule has 2 heterocycles. The molecule has 0 radical (unpaired) electrons. The highest BCUT2D eigenvalue weighted by Gasteiger charge is 2.18. The minimum absolute atomic E-state index is 0.104. The Morgan fingerprint density at radius 2 is 1.89 bits per heavy atom. The summed E-state index contributed by atoms with van der Waals surface area (Å²) in [7, 11) is 0. The number of halogens is 1. The average molecular weight is 380 g/mol. The molecule has 0 saturated heterocycles. The molecule has 2 aromatic heterocycles. The Hall–Kier alpha value is -3.59. The maximum atomic E-state index is 14.6. The quantitative estimate of drug-likeness (QED) is 0.502. The molecule has 0 saturated carbocycles. The molecule has 2 aromatic carbocycles. The molecule has 0 unspecified atom stereocenters. The van der Waals surface area contributed by atoms with Crippen LogP contribution < -0.4 is 0 Å². The van der Waals surface area contributed by atoms with E-state index in [1.54, 1.807) is 24.3 Å². The van der Waals surface area contributed by atoms with Crippen LogP contribution in [0, 0.1) is 17.1 Å². The lowest BCUT2D eigenvalue weighted by molar-refractivity contribution is 0.562. The van der Waals surface area contributed by atoms with Gasteiger partial charge in [0, 0.05) is 28.9 Å². The smallest absolute Gasteiger partial charge is 0.217 e. The van der Waals surface area contributed by atoms with E-state index in [4.69, 9.17) is 12.3 Å². The van der Waals surface area contributed by atoms with E-state index in [1.807, 2.05) is 6.07 Å². The predicted octanol–water partition coefficient (Wildman–Crippen LogP) is 4.77. The fourth-order valence-corrected chi connectivity index (χ4v) is 2.90. The molecule has 0 aliphatic carbocycles. The van der Waals surface area contributed by atoms with E-state index in [2.05, 4.69) is 15.1 Å². The first-order valence-corrected chi connectivity index (χ1v) is 8.14. The Bertz CT molecular complexity index is 1490. The Balaban J connectivity index is 1.90. The monoisotopic (exact) mass is 380 g/mol. The second kappa shape index (κ2) is 6.54. The van der Waals surface area contributed by atoms with Crippen molar-refractivity contribution in [3.8, 4) is 28.5 Å². The number of rotatable bonds is 2. The minimum Gasteiger partial charge on any atom is -0.217 e. The van der Waals surface area contributed by atoms with Gasteiger partial charge in [0.1, 0.15) is 5.82 Å². The number of imidazole rings is 1. The first kappa shape index (κ1) is 10.1. The van der Waals surface area contributed by atoms with Gasteiger partial charge in [-0.2, -0.15) is 14.9 Å². The zero-order valence-corrected chi connectivity index (χ0v) is 14.3. The van der Waals surface area contributed by atoms with Gasteiger partial charge in [0.05, 0.1) is 35.4 Å². The first-order chi connectivity index (χ1) is 17.1. The molecule has 4 rings (SSSR count). The zero-order chi connectivity index (χ0) is 27.4. The van der Waals surface area contributed by atoms with Gasteiger partial charge in [-0.15, -0.1) is 0 Å². The number of benzene rings is 2. The maximum absolute atomic E-state index is 14.6. The summed E-state index contributed by atoms with van der Waals surface area (Å²) in [5.74, 6) is -0.822. The molecule has 0 N–H and O–H groups in total. The highest BCUT2D eigenvalue weighted by Crippen LogP contribution is 2.30. The zero-order valence-electron chi connectivity index (χ0n) is 23.3. The second-order valence-corrected chi connectivity index (χ2v) is 6.10. The van der Waals surface area contributed by atoms with Crippen LogP contribution in [0.2, 0.25) is 0 Å². The van der Waals surface area contributed by atoms with Crippen molar-refractivity contribution in [1.29, 1.82) is 5.26 Å². The van der Waals surface area contributed by atoms with Gasteiger partial charge < -0.3 is 0 Å².